The number of nitrogens with one attached hydrogen (secondary N) is 1. The molecule has 2 aromatic carbocycles. The van der Waals surface area contributed by atoms with Crippen molar-refractivity contribution in [1.29, 1.82) is 0 Å². The van der Waals surface area contributed by atoms with Crippen LogP contribution in [0.15, 0.2) is 61.2 Å². The third-order valence-corrected chi connectivity index (χ3v) is 6.07. The molecule has 8 nitrogen and oxygen atoms in total. The molecule has 1 aliphatic heterocycles. The number of para-hydroxylation sites is 1. The van der Waals surface area contributed by atoms with E-state index in [-0.39, 0.29) is 11.8 Å². The lowest BCUT2D eigenvalue weighted by molar-refractivity contribution is -0.119. The SMILES string of the molecule is O=C(Nc1nc2ccccc2s1)C1CCCN1C(=O)c1cccc(-n2cncn2)c1. The first-order valence-electron chi connectivity index (χ1n) is 9.61. The maximum absolute atomic E-state index is 13.2. The summed E-state index contributed by atoms with van der Waals surface area (Å²) in [5.74, 6) is -0.369. The fourth-order valence-corrected chi connectivity index (χ4v) is 4.55. The lowest BCUT2D eigenvalue weighted by atomic mass is 10.1. The normalized spacial score (nSPS) is 16.1. The second-order valence-corrected chi connectivity index (χ2v) is 8.05. The van der Waals surface area contributed by atoms with Crippen LogP contribution in [-0.4, -0.2) is 49.0 Å². The molecule has 0 saturated carbocycles. The Morgan fingerprint density at radius 3 is 2.87 bits per heavy atom. The Balaban J connectivity index is 1.35. The molecule has 2 aromatic heterocycles. The van der Waals surface area contributed by atoms with Crippen LogP contribution in [0.1, 0.15) is 23.2 Å². The van der Waals surface area contributed by atoms with Crippen molar-refractivity contribution < 1.29 is 9.59 Å². The fourth-order valence-electron chi connectivity index (χ4n) is 3.69. The molecule has 1 saturated heterocycles. The monoisotopic (exact) mass is 418 g/mol. The van der Waals surface area contributed by atoms with Crippen molar-refractivity contribution in [2.45, 2.75) is 18.9 Å². The van der Waals surface area contributed by atoms with Crippen molar-refractivity contribution in [3.8, 4) is 5.69 Å². The van der Waals surface area contributed by atoms with Crippen molar-refractivity contribution >= 4 is 38.5 Å². The van der Waals surface area contributed by atoms with Gasteiger partial charge in [0.15, 0.2) is 5.13 Å². The first-order valence-corrected chi connectivity index (χ1v) is 10.4. The van der Waals surface area contributed by atoms with Crippen LogP contribution < -0.4 is 5.32 Å². The van der Waals surface area contributed by atoms with Crippen LogP contribution in [0.5, 0.6) is 0 Å². The second kappa shape index (κ2) is 7.68. The van der Waals surface area contributed by atoms with E-state index in [9.17, 15) is 9.59 Å². The quantitative estimate of drug-likeness (QED) is 0.550. The summed E-state index contributed by atoms with van der Waals surface area (Å²) in [6.07, 6.45) is 4.43. The highest BCUT2D eigenvalue weighted by Gasteiger charge is 2.35. The number of carbonyl (C=O) groups excluding carboxylic acids is 2. The first-order chi connectivity index (χ1) is 14.7. The molecule has 2 amide bonds. The van der Waals surface area contributed by atoms with Gasteiger partial charge >= 0.3 is 0 Å². The van der Waals surface area contributed by atoms with Crippen LogP contribution in [-0.2, 0) is 4.79 Å². The molecular weight excluding hydrogens is 400 g/mol. The number of hydrogen-bond donors (Lipinski definition) is 1. The highest BCUT2D eigenvalue weighted by molar-refractivity contribution is 7.22. The van der Waals surface area contributed by atoms with Crippen molar-refractivity contribution in [3.05, 3.63) is 66.7 Å². The number of amides is 2. The number of fused-ring (bicyclic) bond motifs is 1. The van der Waals surface area contributed by atoms with Crippen LogP contribution in [0.25, 0.3) is 15.9 Å². The Morgan fingerprint density at radius 1 is 1.13 bits per heavy atom. The number of rotatable bonds is 4. The van der Waals surface area contributed by atoms with E-state index in [1.807, 2.05) is 30.3 Å². The lowest BCUT2D eigenvalue weighted by Gasteiger charge is -2.23. The molecule has 1 aliphatic rings. The van der Waals surface area contributed by atoms with Crippen LogP contribution >= 0.6 is 11.3 Å². The van der Waals surface area contributed by atoms with Gasteiger partial charge < -0.3 is 10.2 Å². The molecule has 5 rings (SSSR count). The molecule has 0 bridgehead atoms. The van der Waals surface area contributed by atoms with Gasteiger partial charge in [-0.15, -0.1) is 0 Å². The molecule has 1 N–H and O–H groups in total. The smallest absolute Gasteiger partial charge is 0.254 e. The predicted octanol–water partition coefficient (Wildman–Crippen LogP) is 3.12. The van der Waals surface area contributed by atoms with E-state index in [4.69, 9.17) is 0 Å². The molecule has 0 radical (unpaired) electrons. The third-order valence-electron chi connectivity index (χ3n) is 5.12. The van der Waals surface area contributed by atoms with Crippen LogP contribution in [0.2, 0.25) is 0 Å². The maximum Gasteiger partial charge on any atom is 0.254 e. The molecule has 0 spiro atoms. The molecule has 0 aliphatic carbocycles. The van der Waals surface area contributed by atoms with Crippen molar-refractivity contribution in [2.24, 2.45) is 0 Å². The number of benzene rings is 2. The average Bonchev–Trinajstić information content (AvgIpc) is 3.53. The molecule has 4 aromatic rings. The number of carbonyl (C=O) groups is 2. The Bertz CT molecular complexity index is 1190. The van der Waals surface area contributed by atoms with Crippen LogP contribution in [0.4, 0.5) is 5.13 Å². The van der Waals surface area contributed by atoms with E-state index >= 15 is 0 Å². The van der Waals surface area contributed by atoms with Gasteiger partial charge in [0, 0.05) is 12.1 Å². The summed E-state index contributed by atoms with van der Waals surface area (Å²) < 4.78 is 2.61. The van der Waals surface area contributed by atoms with E-state index in [0.29, 0.717) is 23.7 Å². The molecule has 1 unspecified atom stereocenters. The highest BCUT2D eigenvalue weighted by Crippen LogP contribution is 2.27. The van der Waals surface area contributed by atoms with Gasteiger partial charge in [-0.2, -0.15) is 5.10 Å². The topological polar surface area (TPSA) is 93.0 Å². The number of hydrogen-bond acceptors (Lipinski definition) is 6. The summed E-state index contributed by atoms with van der Waals surface area (Å²) in [6, 6.07) is 14.4. The van der Waals surface area contributed by atoms with E-state index < -0.39 is 6.04 Å². The van der Waals surface area contributed by atoms with Gasteiger partial charge in [-0.25, -0.2) is 14.6 Å². The Labute approximate surface area is 176 Å². The second-order valence-electron chi connectivity index (χ2n) is 7.02. The highest BCUT2D eigenvalue weighted by atomic mass is 32.1. The Kier molecular flexibility index (Phi) is 4.72. The van der Waals surface area contributed by atoms with Crippen LogP contribution in [0.3, 0.4) is 0 Å². The number of aromatic nitrogens is 4. The maximum atomic E-state index is 13.2. The minimum Gasteiger partial charge on any atom is -0.327 e. The third kappa shape index (κ3) is 3.43. The van der Waals surface area contributed by atoms with E-state index in [0.717, 1.165) is 22.3 Å². The lowest BCUT2D eigenvalue weighted by Crippen LogP contribution is -2.43. The van der Waals surface area contributed by atoms with Crippen molar-refractivity contribution in [3.63, 3.8) is 0 Å². The summed E-state index contributed by atoms with van der Waals surface area (Å²) in [7, 11) is 0. The zero-order valence-electron chi connectivity index (χ0n) is 15.9. The summed E-state index contributed by atoms with van der Waals surface area (Å²) in [4.78, 5) is 36.1. The Hall–Kier alpha value is -3.59. The number of thiazole rings is 1. The summed E-state index contributed by atoms with van der Waals surface area (Å²) in [5, 5.41) is 7.55. The zero-order valence-corrected chi connectivity index (χ0v) is 16.7. The number of anilines is 1. The first kappa shape index (κ1) is 18.4. The number of nitrogens with zero attached hydrogens (tertiary/aromatic N) is 5. The minimum atomic E-state index is -0.514. The minimum absolute atomic E-state index is 0.168. The summed E-state index contributed by atoms with van der Waals surface area (Å²) >= 11 is 1.43. The molecule has 150 valence electrons. The van der Waals surface area contributed by atoms with Gasteiger partial charge in [-0.1, -0.05) is 29.5 Å². The van der Waals surface area contributed by atoms with Crippen molar-refractivity contribution in [1.82, 2.24) is 24.6 Å². The summed E-state index contributed by atoms with van der Waals surface area (Å²) in [5.41, 5.74) is 2.11. The van der Waals surface area contributed by atoms with Gasteiger partial charge in [0.25, 0.3) is 5.91 Å². The summed E-state index contributed by atoms with van der Waals surface area (Å²) in [6.45, 7) is 0.546. The van der Waals surface area contributed by atoms with Crippen LogP contribution in [0, 0.1) is 0 Å². The molecule has 30 heavy (non-hydrogen) atoms. The van der Waals surface area contributed by atoms with Gasteiger partial charge in [-0.05, 0) is 43.2 Å². The molecule has 9 heteroatoms. The predicted molar refractivity (Wildman–Crippen MR) is 114 cm³/mol. The average molecular weight is 418 g/mol. The van der Waals surface area contributed by atoms with Crippen molar-refractivity contribution in [2.75, 3.05) is 11.9 Å². The standard InChI is InChI=1S/C21H18N6O2S/c28-19(25-21-24-16-7-1-2-9-18(16)30-21)17-8-4-10-26(17)20(29)14-5-3-6-15(11-14)27-13-22-12-23-27/h1-3,5-7,9,11-13,17H,4,8,10H2,(H,24,25,28). The fraction of sp³-hybridized carbons (Fsp3) is 0.190. The van der Waals surface area contributed by atoms with E-state index in [1.54, 1.807) is 34.1 Å². The largest absolute Gasteiger partial charge is 0.327 e. The van der Waals surface area contributed by atoms with E-state index in [1.165, 1.54) is 17.7 Å². The zero-order chi connectivity index (χ0) is 20.5. The number of likely N-dealkylation sites (tertiary alicyclic amines) is 1. The van der Waals surface area contributed by atoms with Gasteiger partial charge in [0.2, 0.25) is 5.91 Å². The molecule has 1 atom stereocenters. The van der Waals surface area contributed by atoms with Gasteiger partial charge in [0.1, 0.15) is 18.7 Å². The Morgan fingerprint density at radius 2 is 2.03 bits per heavy atom. The van der Waals surface area contributed by atoms with Gasteiger partial charge in [0.05, 0.1) is 15.9 Å². The molecule has 3 heterocycles. The molecule has 1 fully saturated rings. The van der Waals surface area contributed by atoms with Gasteiger partial charge in [-0.3, -0.25) is 9.59 Å². The molecular formula is C21H18N6O2S. The van der Waals surface area contributed by atoms with E-state index in [2.05, 4.69) is 20.4 Å².